The standard InChI is InChI=1S/C10H10O5S/c11-16(12,13)10-7-14-6-9(15-10)8-4-2-1-3-5-8/h1-2,4,6-7H,3,5H2,(H,11,12,13). The van der Waals surface area contributed by atoms with Crippen LogP contribution in [0.15, 0.2) is 47.2 Å². The van der Waals surface area contributed by atoms with Crippen molar-refractivity contribution < 1.29 is 22.4 Å². The summed E-state index contributed by atoms with van der Waals surface area (Å²) in [5, 5.41) is -0.597. The van der Waals surface area contributed by atoms with E-state index in [9.17, 15) is 8.42 Å². The minimum Gasteiger partial charge on any atom is -0.464 e. The minimum atomic E-state index is -4.37. The molecule has 0 aromatic rings. The van der Waals surface area contributed by atoms with Crippen molar-refractivity contribution in [2.75, 3.05) is 0 Å². The quantitative estimate of drug-likeness (QED) is 0.748. The molecule has 0 unspecified atom stereocenters. The van der Waals surface area contributed by atoms with Gasteiger partial charge in [-0.3, -0.25) is 4.55 Å². The largest absolute Gasteiger partial charge is 0.464 e. The van der Waals surface area contributed by atoms with Gasteiger partial charge in [-0.2, -0.15) is 8.42 Å². The first-order valence-electron chi connectivity index (χ1n) is 4.64. The fourth-order valence-corrected chi connectivity index (χ4v) is 1.74. The highest BCUT2D eigenvalue weighted by molar-refractivity contribution is 7.89. The molecule has 0 fully saturated rings. The summed E-state index contributed by atoms with van der Waals surface area (Å²) in [6.07, 6.45) is 9.41. The van der Waals surface area contributed by atoms with Gasteiger partial charge in [-0.05, 0) is 18.4 Å². The maximum absolute atomic E-state index is 10.8. The first-order valence-corrected chi connectivity index (χ1v) is 6.08. The second-order valence-electron chi connectivity index (χ2n) is 3.29. The van der Waals surface area contributed by atoms with E-state index in [1.165, 1.54) is 6.26 Å². The molecule has 0 aromatic carbocycles. The Hall–Kier alpha value is -1.53. The van der Waals surface area contributed by atoms with Gasteiger partial charge in [-0.25, -0.2) is 0 Å². The predicted molar refractivity (Wildman–Crippen MR) is 56.3 cm³/mol. The summed E-state index contributed by atoms with van der Waals surface area (Å²) < 4.78 is 40.3. The molecular weight excluding hydrogens is 232 g/mol. The van der Waals surface area contributed by atoms with Crippen LogP contribution in [0.5, 0.6) is 0 Å². The summed E-state index contributed by atoms with van der Waals surface area (Å²) in [6, 6.07) is 0. The molecule has 0 atom stereocenters. The zero-order valence-electron chi connectivity index (χ0n) is 8.29. The van der Waals surface area contributed by atoms with Crippen LogP contribution < -0.4 is 0 Å². The van der Waals surface area contributed by atoms with Crippen LogP contribution in [0, 0.1) is 0 Å². The summed E-state index contributed by atoms with van der Waals surface area (Å²) in [5.74, 6) is 0.305. The normalized spacial score (nSPS) is 20.2. The Morgan fingerprint density at radius 1 is 1.31 bits per heavy atom. The number of hydrogen-bond donors (Lipinski definition) is 1. The molecule has 1 aliphatic carbocycles. The molecule has 0 saturated carbocycles. The fraction of sp³-hybridized carbons (Fsp3) is 0.200. The Balaban J connectivity index is 2.19. The van der Waals surface area contributed by atoms with Crippen molar-refractivity contribution in [1.29, 1.82) is 0 Å². The zero-order chi connectivity index (χ0) is 11.6. The molecule has 0 bridgehead atoms. The van der Waals surface area contributed by atoms with E-state index in [2.05, 4.69) is 0 Å². The molecular formula is C10H10O5S. The average molecular weight is 242 g/mol. The van der Waals surface area contributed by atoms with E-state index in [1.807, 2.05) is 18.2 Å². The van der Waals surface area contributed by atoms with Crippen LogP contribution in [0.2, 0.25) is 0 Å². The van der Waals surface area contributed by atoms with Crippen LogP contribution in [-0.2, 0) is 19.6 Å². The number of ether oxygens (including phenoxy) is 2. The Morgan fingerprint density at radius 2 is 2.12 bits per heavy atom. The summed E-state index contributed by atoms with van der Waals surface area (Å²) in [7, 11) is -4.37. The van der Waals surface area contributed by atoms with Gasteiger partial charge in [0.2, 0.25) is 0 Å². The average Bonchev–Trinajstić information content (AvgIpc) is 2.29. The minimum absolute atomic E-state index is 0.305. The van der Waals surface area contributed by atoms with Gasteiger partial charge in [0.25, 0.3) is 5.09 Å². The van der Waals surface area contributed by atoms with E-state index >= 15 is 0 Å². The highest BCUT2D eigenvalue weighted by atomic mass is 32.2. The molecule has 0 saturated heterocycles. The van der Waals surface area contributed by atoms with Gasteiger partial charge in [0.1, 0.15) is 12.5 Å². The SMILES string of the molecule is O=S(=O)(O)C1=COC=C(C2=CC=CCC2)O1. The Kier molecular flexibility index (Phi) is 2.84. The third-order valence-corrected chi connectivity index (χ3v) is 2.82. The van der Waals surface area contributed by atoms with Gasteiger partial charge >= 0.3 is 10.1 Å². The van der Waals surface area contributed by atoms with E-state index in [1.54, 1.807) is 0 Å². The first kappa shape index (κ1) is 11.0. The molecule has 0 spiro atoms. The predicted octanol–water partition coefficient (Wildman–Crippen LogP) is 1.84. The van der Waals surface area contributed by atoms with Crippen molar-refractivity contribution in [3.63, 3.8) is 0 Å². The summed E-state index contributed by atoms with van der Waals surface area (Å²) >= 11 is 0. The van der Waals surface area contributed by atoms with Crippen molar-refractivity contribution >= 4 is 10.1 Å². The Morgan fingerprint density at radius 3 is 2.75 bits per heavy atom. The fourth-order valence-electron chi connectivity index (χ4n) is 1.37. The number of hydrogen-bond acceptors (Lipinski definition) is 4. The number of rotatable bonds is 2. The molecule has 16 heavy (non-hydrogen) atoms. The lowest BCUT2D eigenvalue weighted by molar-refractivity contribution is 0.243. The lowest BCUT2D eigenvalue weighted by atomic mass is 10.0. The van der Waals surface area contributed by atoms with Crippen molar-refractivity contribution in [3.8, 4) is 0 Å². The molecule has 1 aliphatic heterocycles. The van der Waals surface area contributed by atoms with E-state index in [4.69, 9.17) is 14.0 Å². The van der Waals surface area contributed by atoms with Gasteiger partial charge in [0.05, 0.1) is 0 Å². The maximum atomic E-state index is 10.8. The van der Waals surface area contributed by atoms with Gasteiger partial charge in [-0.1, -0.05) is 18.2 Å². The lowest BCUT2D eigenvalue weighted by Gasteiger charge is -2.17. The highest BCUT2D eigenvalue weighted by Gasteiger charge is 2.23. The van der Waals surface area contributed by atoms with E-state index < -0.39 is 15.2 Å². The van der Waals surface area contributed by atoms with Gasteiger partial charge in [0.15, 0.2) is 5.76 Å². The first-order chi connectivity index (χ1) is 7.57. The summed E-state index contributed by atoms with van der Waals surface area (Å²) in [5.41, 5.74) is 0.830. The van der Waals surface area contributed by atoms with E-state index in [0.717, 1.165) is 24.7 Å². The molecule has 0 radical (unpaired) electrons. The van der Waals surface area contributed by atoms with E-state index in [0.29, 0.717) is 5.76 Å². The van der Waals surface area contributed by atoms with Crippen LogP contribution in [0.1, 0.15) is 12.8 Å². The van der Waals surface area contributed by atoms with Crippen LogP contribution in [0.4, 0.5) is 0 Å². The zero-order valence-corrected chi connectivity index (χ0v) is 9.11. The van der Waals surface area contributed by atoms with Crippen LogP contribution in [0.25, 0.3) is 0 Å². The second-order valence-corrected chi connectivity index (χ2v) is 4.64. The lowest BCUT2D eigenvalue weighted by Crippen LogP contribution is -2.11. The van der Waals surface area contributed by atoms with Gasteiger partial charge in [-0.15, -0.1) is 0 Å². The van der Waals surface area contributed by atoms with Crippen molar-refractivity contribution in [1.82, 2.24) is 0 Å². The smallest absolute Gasteiger partial charge is 0.331 e. The molecule has 6 heteroatoms. The number of allylic oxidation sites excluding steroid dienone is 4. The summed E-state index contributed by atoms with van der Waals surface area (Å²) in [6.45, 7) is 0. The topological polar surface area (TPSA) is 72.8 Å². The molecule has 2 rings (SSSR count). The molecule has 0 aromatic heterocycles. The second kappa shape index (κ2) is 4.15. The van der Waals surface area contributed by atoms with E-state index in [-0.39, 0.29) is 0 Å². The third-order valence-electron chi connectivity index (χ3n) is 2.13. The van der Waals surface area contributed by atoms with Crippen molar-refractivity contribution in [2.45, 2.75) is 12.8 Å². The maximum Gasteiger partial charge on any atom is 0.331 e. The molecule has 1 heterocycles. The Bertz CT molecular complexity index is 507. The van der Waals surface area contributed by atoms with Crippen LogP contribution in [-0.4, -0.2) is 13.0 Å². The molecule has 86 valence electrons. The molecule has 0 amide bonds. The van der Waals surface area contributed by atoms with Crippen molar-refractivity contribution in [2.24, 2.45) is 0 Å². The molecule has 2 aliphatic rings. The van der Waals surface area contributed by atoms with Gasteiger partial charge in [0, 0.05) is 0 Å². The summed E-state index contributed by atoms with van der Waals surface area (Å²) in [4.78, 5) is 0. The van der Waals surface area contributed by atoms with Gasteiger partial charge < -0.3 is 9.47 Å². The van der Waals surface area contributed by atoms with Crippen LogP contribution in [0.3, 0.4) is 0 Å². The highest BCUT2D eigenvalue weighted by Crippen LogP contribution is 2.27. The Labute approximate surface area is 93.1 Å². The molecule has 1 N–H and O–H groups in total. The third kappa shape index (κ3) is 2.34. The monoisotopic (exact) mass is 242 g/mol. The molecule has 5 nitrogen and oxygen atoms in total. The van der Waals surface area contributed by atoms with Crippen molar-refractivity contribution in [3.05, 3.63) is 47.2 Å². The van der Waals surface area contributed by atoms with Crippen LogP contribution >= 0.6 is 0 Å².